The van der Waals surface area contributed by atoms with Gasteiger partial charge in [0, 0.05) is 32.7 Å². The summed E-state index contributed by atoms with van der Waals surface area (Å²) in [6.45, 7) is 10.8. The monoisotopic (exact) mass is 291 g/mol. The summed E-state index contributed by atoms with van der Waals surface area (Å²) in [6, 6.07) is 6.58. The van der Waals surface area contributed by atoms with Gasteiger partial charge in [-0.05, 0) is 37.2 Å². The molecule has 4 heteroatoms. The van der Waals surface area contributed by atoms with E-state index in [9.17, 15) is 0 Å². The van der Waals surface area contributed by atoms with Gasteiger partial charge in [0.1, 0.15) is 5.75 Å². The van der Waals surface area contributed by atoms with E-state index in [1.165, 1.54) is 11.3 Å². The third-order valence-electron chi connectivity index (χ3n) is 3.97. The molecule has 4 nitrogen and oxygen atoms in total. The van der Waals surface area contributed by atoms with E-state index in [-0.39, 0.29) is 0 Å². The van der Waals surface area contributed by atoms with Crippen molar-refractivity contribution in [2.75, 3.05) is 51.8 Å². The molecule has 0 saturated carbocycles. The van der Waals surface area contributed by atoms with Crippen LogP contribution in [0.1, 0.15) is 19.4 Å². The summed E-state index contributed by atoms with van der Waals surface area (Å²) in [7, 11) is 3.94. The largest absolute Gasteiger partial charge is 0.495 e. The van der Waals surface area contributed by atoms with E-state index in [1.54, 1.807) is 7.11 Å². The standard InChI is InChI=1S/C17H29N3O/c1-14(2)12-18-13-15-5-6-16(17(11-15)21-4)20-9-7-19(3)8-10-20/h5-6,11,14,18H,7-10,12-13H2,1-4H3. The predicted octanol–water partition coefficient (Wildman–Crippen LogP) is 2.19. The molecule has 1 aromatic carbocycles. The molecule has 1 fully saturated rings. The van der Waals surface area contributed by atoms with Crippen molar-refractivity contribution in [3.8, 4) is 5.75 Å². The lowest BCUT2D eigenvalue weighted by Crippen LogP contribution is -2.44. The van der Waals surface area contributed by atoms with Crippen LogP contribution in [-0.2, 0) is 6.54 Å². The molecule has 1 aliphatic heterocycles. The number of hydrogen-bond acceptors (Lipinski definition) is 4. The van der Waals surface area contributed by atoms with Crippen LogP contribution in [0.2, 0.25) is 0 Å². The molecule has 1 aliphatic rings. The number of nitrogens with one attached hydrogen (secondary N) is 1. The molecule has 0 aromatic heterocycles. The lowest BCUT2D eigenvalue weighted by molar-refractivity contribution is 0.311. The van der Waals surface area contributed by atoms with Gasteiger partial charge in [-0.25, -0.2) is 0 Å². The molecule has 1 heterocycles. The van der Waals surface area contributed by atoms with Crippen LogP contribution in [0.25, 0.3) is 0 Å². The Morgan fingerprint density at radius 2 is 1.90 bits per heavy atom. The Bertz CT molecular complexity index is 440. The Balaban J connectivity index is 2.02. The highest BCUT2D eigenvalue weighted by Crippen LogP contribution is 2.30. The number of piperazine rings is 1. The summed E-state index contributed by atoms with van der Waals surface area (Å²) in [5.74, 6) is 1.67. The van der Waals surface area contributed by atoms with Crippen LogP contribution < -0.4 is 15.0 Å². The third kappa shape index (κ3) is 4.61. The highest BCUT2D eigenvalue weighted by molar-refractivity contribution is 5.60. The number of nitrogens with zero attached hydrogens (tertiary/aromatic N) is 2. The van der Waals surface area contributed by atoms with E-state index in [2.05, 4.69) is 54.2 Å². The van der Waals surface area contributed by atoms with Gasteiger partial charge in [0.05, 0.1) is 12.8 Å². The summed E-state index contributed by atoms with van der Waals surface area (Å²) in [5, 5.41) is 3.48. The molecule has 0 amide bonds. The first-order valence-corrected chi connectivity index (χ1v) is 7.91. The first-order valence-electron chi connectivity index (χ1n) is 7.91. The van der Waals surface area contributed by atoms with E-state index >= 15 is 0 Å². The fraction of sp³-hybridized carbons (Fsp3) is 0.647. The Labute approximate surface area is 129 Å². The summed E-state index contributed by atoms with van der Waals surface area (Å²) < 4.78 is 5.61. The van der Waals surface area contributed by atoms with Crippen LogP contribution in [0.15, 0.2) is 18.2 Å². The zero-order valence-electron chi connectivity index (χ0n) is 13.9. The Hall–Kier alpha value is -1.26. The van der Waals surface area contributed by atoms with Gasteiger partial charge in [0.15, 0.2) is 0 Å². The number of benzene rings is 1. The molecule has 2 rings (SSSR count). The van der Waals surface area contributed by atoms with Crippen LogP contribution in [0.4, 0.5) is 5.69 Å². The zero-order valence-corrected chi connectivity index (χ0v) is 13.9. The molecule has 0 bridgehead atoms. The zero-order chi connectivity index (χ0) is 15.2. The number of ether oxygens (including phenoxy) is 1. The smallest absolute Gasteiger partial charge is 0.142 e. The Morgan fingerprint density at radius 3 is 2.52 bits per heavy atom. The van der Waals surface area contributed by atoms with Crippen LogP contribution in [0, 0.1) is 5.92 Å². The van der Waals surface area contributed by atoms with Gasteiger partial charge in [-0.1, -0.05) is 19.9 Å². The molecule has 0 aliphatic carbocycles. The fourth-order valence-electron chi connectivity index (χ4n) is 2.65. The number of methoxy groups -OCH3 is 1. The van der Waals surface area contributed by atoms with E-state index < -0.39 is 0 Å². The van der Waals surface area contributed by atoms with Crippen molar-refractivity contribution in [1.29, 1.82) is 0 Å². The molecule has 0 unspecified atom stereocenters. The van der Waals surface area contributed by atoms with Crippen molar-refractivity contribution >= 4 is 5.69 Å². The second-order valence-corrected chi connectivity index (χ2v) is 6.32. The lowest BCUT2D eigenvalue weighted by Gasteiger charge is -2.34. The normalized spacial score (nSPS) is 16.5. The van der Waals surface area contributed by atoms with Crippen LogP contribution >= 0.6 is 0 Å². The van der Waals surface area contributed by atoms with Gasteiger partial charge in [-0.3, -0.25) is 0 Å². The minimum atomic E-state index is 0.677. The average Bonchev–Trinajstić information content (AvgIpc) is 2.48. The number of rotatable bonds is 6. The minimum absolute atomic E-state index is 0.677. The third-order valence-corrected chi connectivity index (χ3v) is 3.97. The minimum Gasteiger partial charge on any atom is -0.495 e. The van der Waals surface area contributed by atoms with Crippen molar-refractivity contribution in [3.63, 3.8) is 0 Å². The van der Waals surface area contributed by atoms with E-state index in [4.69, 9.17) is 4.74 Å². The summed E-state index contributed by atoms with van der Waals surface area (Å²) in [5.41, 5.74) is 2.50. The van der Waals surface area contributed by atoms with E-state index in [0.29, 0.717) is 5.92 Å². The van der Waals surface area contributed by atoms with Gasteiger partial charge in [0.2, 0.25) is 0 Å². The maximum atomic E-state index is 5.61. The molecular weight excluding hydrogens is 262 g/mol. The SMILES string of the molecule is COc1cc(CNCC(C)C)ccc1N1CCN(C)CC1. The number of hydrogen-bond donors (Lipinski definition) is 1. The second-order valence-electron chi connectivity index (χ2n) is 6.32. The van der Waals surface area contributed by atoms with Crippen molar-refractivity contribution in [1.82, 2.24) is 10.2 Å². The molecule has 21 heavy (non-hydrogen) atoms. The maximum absolute atomic E-state index is 5.61. The molecule has 1 aromatic rings. The topological polar surface area (TPSA) is 27.7 Å². The van der Waals surface area contributed by atoms with Crippen LogP contribution in [-0.4, -0.2) is 51.8 Å². The molecule has 0 atom stereocenters. The van der Waals surface area contributed by atoms with E-state index in [0.717, 1.165) is 45.0 Å². The predicted molar refractivity (Wildman–Crippen MR) is 89.2 cm³/mol. The number of likely N-dealkylation sites (N-methyl/N-ethyl adjacent to an activating group) is 1. The maximum Gasteiger partial charge on any atom is 0.142 e. The quantitative estimate of drug-likeness (QED) is 0.869. The molecule has 0 radical (unpaired) electrons. The van der Waals surface area contributed by atoms with Gasteiger partial charge in [-0.2, -0.15) is 0 Å². The van der Waals surface area contributed by atoms with Crippen LogP contribution in [0.3, 0.4) is 0 Å². The van der Waals surface area contributed by atoms with Gasteiger partial charge >= 0.3 is 0 Å². The van der Waals surface area contributed by atoms with Gasteiger partial charge in [0.25, 0.3) is 0 Å². The highest BCUT2D eigenvalue weighted by atomic mass is 16.5. The average molecular weight is 291 g/mol. The van der Waals surface area contributed by atoms with E-state index in [1.807, 2.05) is 0 Å². The fourth-order valence-corrected chi connectivity index (χ4v) is 2.65. The van der Waals surface area contributed by atoms with Crippen molar-refractivity contribution in [3.05, 3.63) is 23.8 Å². The molecule has 0 spiro atoms. The molecule has 118 valence electrons. The van der Waals surface area contributed by atoms with Crippen molar-refractivity contribution in [2.24, 2.45) is 5.92 Å². The summed E-state index contributed by atoms with van der Waals surface area (Å²) in [6.07, 6.45) is 0. The van der Waals surface area contributed by atoms with Gasteiger partial charge in [-0.15, -0.1) is 0 Å². The number of anilines is 1. The van der Waals surface area contributed by atoms with Crippen molar-refractivity contribution < 1.29 is 4.74 Å². The molecule has 1 saturated heterocycles. The lowest BCUT2D eigenvalue weighted by atomic mass is 10.1. The second kappa shape index (κ2) is 7.66. The highest BCUT2D eigenvalue weighted by Gasteiger charge is 2.17. The summed E-state index contributed by atoms with van der Waals surface area (Å²) >= 11 is 0. The van der Waals surface area contributed by atoms with Crippen LogP contribution in [0.5, 0.6) is 5.75 Å². The Kier molecular flexibility index (Phi) is 5.88. The molecular formula is C17H29N3O. The first-order chi connectivity index (χ1) is 10.1. The Morgan fingerprint density at radius 1 is 1.19 bits per heavy atom. The summed E-state index contributed by atoms with van der Waals surface area (Å²) in [4.78, 5) is 4.79. The van der Waals surface area contributed by atoms with Gasteiger partial charge < -0.3 is 19.9 Å². The first kappa shape index (κ1) is 16.1. The van der Waals surface area contributed by atoms with Crippen molar-refractivity contribution in [2.45, 2.75) is 20.4 Å². The molecule has 1 N–H and O–H groups in total.